The van der Waals surface area contributed by atoms with Crippen molar-refractivity contribution in [3.63, 3.8) is 0 Å². The lowest BCUT2D eigenvalue weighted by Crippen LogP contribution is -2.72. The highest BCUT2D eigenvalue weighted by atomic mass is 16.6. The summed E-state index contributed by atoms with van der Waals surface area (Å²) in [6, 6.07) is 28.5. The predicted octanol–water partition coefficient (Wildman–Crippen LogP) is 9.82. The second kappa shape index (κ2) is 18.2. The number of allylic oxidation sites excluding steroid dienone is 2. The molecule has 0 saturated heterocycles. The molecule has 3 unspecified atom stereocenters. The molecule has 8 rings (SSSR count). The minimum absolute atomic E-state index is 0.0590. The lowest BCUT2D eigenvalue weighted by molar-refractivity contribution is -0.264. The first kappa shape index (κ1) is 47.4. The summed E-state index contributed by atoms with van der Waals surface area (Å²) in [4.78, 5) is 40.6. The van der Waals surface area contributed by atoms with Crippen molar-refractivity contribution in [3.05, 3.63) is 138 Å². The molecular weight excluding hydrogens is 829 g/mol. The Hall–Kier alpha value is -5.09. The van der Waals surface area contributed by atoms with Crippen molar-refractivity contribution in [1.29, 1.82) is 0 Å². The molecule has 3 aromatic rings. The summed E-state index contributed by atoms with van der Waals surface area (Å²) in [5, 5.41) is 37.2. The van der Waals surface area contributed by atoms with E-state index in [0.717, 1.165) is 47.9 Å². The molecule has 0 heterocycles. The van der Waals surface area contributed by atoms with Crippen LogP contribution in [0.15, 0.2) is 121 Å². The van der Waals surface area contributed by atoms with E-state index in [-0.39, 0.29) is 35.9 Å². The van der Waals surface area contributed by atoms with Crippen LogP contribution < -0.4 is 0 Å². The normalized spacial score (nSPS) is 36.9. The summed E-state index contributed by atoms with van der Waals surface area (Å²) in [6.45, 7) is 12.9. The van der Waals surface area contributed by atoms with Crippen LogP contribution in [0.5, 0.6) is 0 Å². The Kier molecular flexibility index (Phi) is 13.1. The maximum atomic E-state index is 13.9. The van der Waals surface area contributed by atoms with Gasteiger partial charge in [0.15, 0.2) is 0 Å². The lowest BCUT2D eigenvalue weighted by Gasteiger charge is -2.72. The molecule has 0 bridgehead atoms. The van der Waals surface area contributed by atoms with Crippen LogP contribution in [0.25, 0.3) is 18.2 Å². The second-order valence-corrected chi connectivity index (χ2v) is 21.7. The van der Waals surface area contributed by atoms with E-state index in [1.807, 2.05) is 105 Å². The third-order valence-corrected chi connectivity index (χ3v) is 17.8. The van der Waals surface area contributed by atoms with Crippen molar-refractivity contribution in [2.24, 2.45) is 50.2 Å². The Labute approximate surface area is 390 Å². The van der Waals surface area contributed by atoms with Crippen molar-refractivity contribution < 1.29 is 43.9 Å². The zero-order chi connectivity index (χ0) is 47.1. The molecule has 4 saturated carbocycles. The third-order valence-electron chi connectivity index (χ3n) is 17.8. The van der Waals surface area contributed by atoms with E-state index >= 15 is 0 Å². The molecule has 5 aliphatic rings. The summed E-state index contributed by atoms with van der Waals surface area (Å²) in [5.74, 6) is -1.90. The number of carbonyl (C=O) groups excluding carboxylic acids is 3. The largest absolute Gasteiger partial charge is 0.462 e. The highest BCUT2D eigenvalue weighted by Gasteiger charge is 2.73. The molecule has 0 aromatic heterocycles. The summed E-state index contributed by atoms with van der Waals surface area (Å²) < 4.78 is 18.5. The highest BCUT2D eigenvalue weighted by molar-refractivity contribution is 5.88. The number of benzene rings is 3. The summed E-state index contributed by atoms with van der Waals surface area (Å²) in [6.07, 6.45) is 12.0. The van der Waals surface area contributed by atoms with Crippen LogP contribution >= 0.6 is 0 Å². The van der Waals surface area contributed by atoms with Gasteiger partial charge in [-0.05, 0) is 119 Å². The molecular formula is C57H68O9. The minimum Gasteiger partial charge on any atom is -0.462 e. The molecule has 0 spiro atoms. The molecule has 12 atom stereocenters. The van der Waals surface area contributed by atoms with Gasteiger partial charge in [-0.15, -0.1) is 0 Å². The number of hydrogen-bond donors (Lipinski definition) is 3. The van der Waals surface area contributed by atoms with Crippen molar-refractivity contribution >= 4 is 36.1 Å². The molecule has 350 valence electrons. The number of rotatable bonds is 11. The Bertz CT molecular complexity index is 2370. The molecule has 3 aromatic carbocycles. The zero-order valence-electron chi connectivity index (χ0n) is 39.4. The quantitative estimate of drug-likeness (QED) is 0.0743. The molecule has 0 radical (unpaired) electrons. The van der Waals surface area contributed by atoms with Gasteiger partial charge in [0.05, 0.1) is 30.3 Å². The van der Waals surface area contributed by atoms with E-state index in [9.17, 15) is 29.7 Å². The van der Waals surface area contributed by atoms with Gasteiger partial charge in [-0.3, -0.25) is 0 Å². The van der Waals surface area contributed by atoms with Gasteiger partial charge in [0.25, 0.3) is 0 Å². The van der Waals surface area contributed by atoms with Gasteiger partial charge in [0.2, 0.25) is 0 Å². The molecule has 3 N–H and O–H groups in total. The average molecular weight is 897 g/mol. The molecule has 0 amide bonds. The lowest BCUT2D eigenvalue weighted by atomic mass is 9.33. The fourth-order valence-electron chi connectivity index (χ4n) is 13.9. The van der Waals surface area contributed by atoms with Crippen LogP contribution in [0.1, 0.15) is 103 Å². The van der Waals surface area contributed by atoms with Crippen LogP contribution in [0.2, 0.25) is 0 Å². The monoisotopic (exact) mass is 896 g/mol. The Morgan fingerprint density at radius 2 is 1.14 bits per heavy atom. The van der Waals surface area contributed by atoms with E-state index in [4.69, 9.17) is 14.2 Å². The molecule has 4 fully saturated rings. The van der Waals surface area contributed by atoms with Gasteiger partial charge in [0.1, 0.15) is 12.7 Å². The van der Waals surface area contributed by atoms with Crippen molar-refractivity contribution in [3.8, 4) is 0 Å². The molecule has 5 aliphatic carbocycles. The average Bonchev–Trinajstić information content (AvgIpc) is 3.30. The topological polar surface area (TPSA) is 140 Å². The minimum atomic E-state index is -1.37. The maximum Gasteiger partial charge on any atom is 0.331 e. The van der Waals surface area contributed by atoms with Crippen molar-refractivity contribution in [2.45, 2.75) is 111 Å². The van der Waals surface area contributed by atoms with E-state index in [0.29, 0.717) is 19.3 Å². The van der Waals surface area contributed by atoms with Gasteiger partial charge in [-0.25, -0.2) is 14.4 Å². The first-order valence-corrected chi connectivity index (χ1v) is 23.9. The first-order valence-electron chi connectivity index (χ1n) is 23.9. The van der Waals surface area contributed by atoms with E-state index in [2.05, 4.69) is 33.8 Å². The van der Waals surface area contributed by atoms with Crippen LogP contribution in [-0.4, -0.2) is 70.9 Å². The summed E-state index contributed by atoms with van der Waals surface area (Å²) in [5.41, 5.74) is -0.186. The molecule has 0 aliphatic heterocycles. The van der Waals surface area contributed by atoms with Crippen LogP contribution in [-0.2, 0) is 28.6 Å². The fourth-order valence-corrected chi connectivity index (χ4v) is 13.9. The van der Waals surface area contributed by atoms with Gasteiger partial charge in [0, 0.05) is 23.6 Å². The van der Waals surface area contributed by atoms with Gasteiger partial charge >= 0.3 is 17.9 Å². The number of esters is 3. The van der Waals surface area contributed by atoms with Crippen molar-refractivity contribution in [2.75, 3.05) is 13.2 Å². The number of fused-ring (bicyclic) bond motifs is 7. The fraction of sp³-hybridized carbons (Fsp3) is 0.491. The number of aliphatic hydroxyl groups excluding tert-OH is 3. The highest BCUT2D eigenvalue weighted by Crippen LogP contribution is 2.76. The van der Waals surface area contributed by atoms with E-state index in [1.54, 1.807) is 18.2 Å². The van der Waals surface area contributed by atoms with Crippen molar-refractivity contribution in [1.82, 2.24) is 0 Å². The first-order chi connectivity index (χ1) is 31.4. The van der Waals surface area contributed by atoms with Gasteiger partial charge < -0.3 is 29.5 Å². The number of aliphatic hydroxyl groups is 3. The molecule has 9 nitrogen and oxygen atoms in total. The number of carbonyl (C=O) groups is 3. The zero-order valence-corrected chi connectivity index (χ0v) is 39.4. The van der Waals surface area contributed by atoms with Crippen LogP contribution in [0, 0.1) is 50.2 Å². The number of hydrogen-bond acceptors (Lipinski definition) is 9. The molecule has 66 heavy (non-hydrogen) atoms. The Morgan fingerprint density at radius 3 is 1.68 bits per heavy atom. The predicted molar refractivity (Wildman–Crippen MR) is 256 cm³/mol. The van der Waals surface area contributed by atoms with Crippen LogP contribution in [0.3, 0.4) is 0 Å². The smallest absolute Gasteiger partial charge is 0.331 e. The SMILES string of the molecule is CC1(C)CC2C3=CCC4[C@@]5(C)CC[C@H](O)[C@](C)(COC(=O)/C=C/c6ccccc6)C5CC[C@@]4(C)[C@]3(C)C[C@@H](O)[C@@]2(COC(=O)/C=C/c2ccccc2)[C@@H](OC(=O)/C=C/c2ccccc2)[C@@H]1O. The number of ether oxygens (including phenoxy) is 3. The maximum absolute atomic E-state index is 13.9. The van der Waals surface area contributed by atoms with Gasteiger partial charge in [-0.2, -0.15) is 0 Å². The van der Waals surface area contributed by atoms with E-state index < -0.39 is 69.9 Å². The summed E-state index contributed by atoms with van der Waals surface area (Å²) >= 11 is 0. The summed E-state index contributed by atoms with van der Waals surface area (Å²) in [7, 11) is 0. The molecule has 9 heteroatoms. The third kappa shape index (κ3) is 8.34. The van der Waals surface area contributed by atoms with Gasteiger partial charge in [-0.1, -0.05) is 144 Å². The second-order valence-electron chi connectivity index (χ2n) is 21.7. The Morgan fingerprint density at radius 1 is 0.621 bits per heavy atom. The van der Waals surface area contributed by atoms with E-state index in [1.165, 1.54) is 18.2 Å². The Balaban J connectivity index is 1.13. The standard InChI is InChI=1S/C57H68O9/c1-52(2)34-42-41-25-26-44-53(3)32-31-45(58)54(4,36-64-47(60)27-22-38-16-10-7-11-17-38)43(53)30-33-55(44,5)56(41,6)35-46(59)57(42,37-65-48(61)28-23-39-18-12-8-13-19-39)51(50(52)63)66-49(62)29-24-40-20-14-9-15-21-40/h7-25,27-29,42-46,50-51,58-59,63H,26,30-37H2,1-6H3/b27-22+,28-23+,29-24+/t42?,43?,44?,45-,46+,50-,51-,53-,54+,55+,56+,57-/m0/s1. The van der Waals surface area contributed by atoms with Crippen LogP contribution in [0.4, 0.5) is 0 Å².